The molecule has 0 saturated heterocycles. The van der Waals surface area contributed by atoms with Crippen LogP contribution in [-0.2, 0) is 0 Å². The molecule has 4 nitrogen and oxygen atoms in total. The van der Waals surface area contributed by atoms with Crippen LogP contribution in [0.25, 0.3) is 5.69 Å². The van der Waals surface area contributed by atoms with E-state index >= 15 is 0 Å². The first kappa shape index (κ1) is 14.9. The highest BCUT2D eigenvalue weighted by Crippen LogP contribution is 2.16. The van der Waals surface area contributed by atoms with E-state index < -0.39 is 0 Å². The third-order valence-corrected chi connectivity index (χ3v) is 3.64. The van der Waals surface area contributed by atoms with Crippen molar-refractivity contribution in [2.24, 2.45) is 0 Å². The summed E-state index contributed by atoms with van der Waals surface area (Å²) in [7, 11) is 0. The molecule has 1 N–H and O–H groups in total. The Balaban J connectivity index is 2.04. The molecule has 0 fully saturated rings. The Labute approximate surface area is 134 Å². The zero-order valence-corrected chi connectivity index (χ0v) is 13.3. The average molecular weight is 303 g/mol. The highest BCUT2D eigenvalue weighted by Gasteiger charge is 2.11. The summed E-state index contributed by atoms with van der Waals surface area (Å²) >= 11 is 0. The Morgan fingerprint density at radius 3 is 2.65 bits per heavy atom. The predicted molar refractivity (Wildman–Crippen MR) is 90.8 cm³/mol. The maximum absolute atomic E-state index is 11.5. The van der Waals surface area contributed by atoms with Gasteiger partial charge in [-0.05, 0) is 50.5 Å². The van der Waals surface area contributed by atoms with Crippen LogP contribution >= 0.6 is 0 Å². The Morgan fingerprint density at radius 2 is 1.91 bits per heavy atom. The van der Waals surface area contributed by atoms with Crippen LogP contribution in [0.1, 0.15) is 28.3 Å². The lowest BCUT2D eigenvalue weighted by Crippen LogP contribution is -2.07. The van der Waals surface area contributed by atoms with Crippen LogP contribution in [0.2, 0.25) is 0 Å². The van der Waals surface area contributed by atoms with Gasteiger partial charge in [-0.25, -0.2) is 4.98 Å². The van der Waals surface area contributed by atoms with Gasteiger partial charge in [0.15, 0.2) is 0 Å². The van der Waals surface area contributed by atoms with Gasteiger partial charge in [0.05, 0.1) is 11.4 Å². The zero-order valence-electron chi connectivity index (χ0n) is 13.3. The van der Waals surface area contributed by atoms with Crippen LogP contribution in [0.4, 0.5) is 0 Å². The topological polar surface area (TPSA) is 50.7 Å². The van der Waals surface area contributed by atoms with Gasteiger partial charge in [0.2, 0.25) is 5.56 Å². The summed E-state index contributed by atoms with van der Waals surface area (Å²) in [6.45, 7) is 5.91. The standard InChI is InChI=1S/C19H17N3O/c1-13-5-4-6-16(11-13)7-8-18-14(2)22(15(3)21-18)17-9-10-20-19(23)12-17/h4-6,9-12H,1-3H3,(H,20,23). The molecule has 0 radical (unpaired) electrons. The van der Waals surface area contributed by atoms with Crippen molar-refractivity contribution in [2.45, 2.75) is 20.8 Å². The number of nitrogens with zero attached hydrogens (tertiary/aromatic N) is 2. The van der Waals surface area contributed by atoms with Crippen LogP contribution in [0.3, 0.4) is 0 Å². The van der Waals surface area contributed by atoms with Crippen LogP contribution < -0.4 is 5.56 Å². The van der Waals surface area contributed by atoms with Crippen LogP contribution in [0.5, 0.6) is 0 Å². The van der Waals surface area contributed by atoms with Gasteiger partial charge >= 0.3 is 0 Å². The highest BCUT2D eigenvalue weighted by atomic mass is 16.1. The quantitative estimate of drug-likeness (QED) is 0.703. The largest absolute Gasteiger partial charge is 0.329 e. The molecule has 3 aromatic rings. The smallest absolute Gasteiger partial charge is 0.250 e. The maximum Gasteiger partial charge on any atom is 0.250 e. The van der Waals surface area contributed by atoms with Gasteiger partial charge in [-0.2, -0.15) is 0 Å². The molecule has 1 aromatic carbocycles. The summed E-state index contributed by atoms with van der Waals surface area (Å²) < 4.78 is 1.94. The second kappa shape index (κ2) is 5.98. The molecule has 0 atom stereocenters. The van der Waals surface area contributed by atoms with Crippen molar-refractivity contribution >= 4 is 0 Å². The minimum Gasteiger partial charge on any atom is -0.329 e. The fourth-order valence-corrected chi connectivity index (χ4v) is 2.57. The minimum atomic E-state index is -0.137. The Hall–Kier alpha value is -3.06. The van der Waals surface area contributed by atoms with Crippen LogP contribution in [-0.4, -0.2) is 14.5 Å². The lowest BCUT2D eigenvalue weighted by atomic mass is 10.1. The van der Waals surface area contributed by atoms with Crippen molar-refractivity contribution in [3.8, 4) is 17.5 Å². The number of benzene rings is 1. The molecule has 0 aliphatic heterocycles. The first-order valence-corrected chi connectivity index (χ1v) is 7.38. The molecule has 0 aliphatic carbocycles. The Morgan fingerprint density at radius 1 is 1.09 bits per heavy atom. The van der Waals surface area contributed by atoms with Crippen molar-refractivity contribution in [3.63, 3.8) is 0 Å². The number of aromatic nitrogens is 3. The van der Waals surface area contributed by atoms with Gasteiger partial charge < -0.3 is 4.98 Å². The van der Waals surface area contributed by atoms with E-state index in [2.05, 4.69) is 21.8 Å². The van der Waals surface area contributed by atoms with E-state index in [0.717, 1.165) is 28.5 Å². The monoisotopic (exact) mass is 303 g/mol. The maximum atomic E-state index is 11.5. The number of aromatic amines is 1. The summed E-state index contributed by atoms with van der Waals surface area (Å²) in [6, 6.07) is 11.5. The van der Waals surface area contributed by atoms with Crippen LogP contribution in [0.15, 0.2) is 47.4 Å². The second-order valence-corrected chi connectivity index (χ2v) is 5.46. The number of rotatable bonds is 1. The van der Waals surface area contributed by atoms with Crippen LogP contribution in [0, 0.1) is 32.6 Å². The van der Waals surface area contributed by atoms with Gasteiger partial charge in [0, 0.05) is 17.8 Å². The number of imidazole rings is 1. The van der Waals surface area contributed by atoms with Gasteiger partial charge in [-0.3, -0.25) is 9.36 Å². The number of hydrogen-bond acceptors (Lipinski definition) is 2. The summed E-state index contributed by atoms with van der Waals surface area (Å²) in [6.07, 6.45) is 1.63. The summed E-state index contributed by atoms with van der Waals surface area (Å²) in [5.41, 5.74) is 4.45. The zero-order chi connectivity index (χ0) is 16.4. The van der Waals surface area contributed by atoms with Crippen molar-refractivity contribution in [1.82, 2.24) is 14.5 Å². The molecule has 23 heavy (non-hydrogen) atoms. The Kier molecular flexibility index (Phi) is 3.86. The highest BCUT2D eigenvalue weighted by molar-refractivity contribution is 5.46. The van der Waals surface area contributed by atoms with Gasteiger partial charge in [0.25, 0.3) is 0 Å². The number of pyridine rings is 1. The third-order valence-electron chi connectivity index (χ3n) is 3.64. The van der Waals surface area contributed by atoms with E-state index in [1.54, 1.807) is 12.3 Å². The van der Waals surface area contributed by atoms with E-state index in [0.29, 0.717) is 0 Å². The number of H-pyrrole nitrogens is 1. The fourth-order valence-electron chi connectivity index (χ4n) is 2.57. The lowest BCUT2D eigenvalue weighted by molar-refractivity contribution is 0.933. The summed E-state index contributed by atoms with van der Waals surface area (Å²) in [5.74, 6) is 7.09. The molecule has 2 aromatic heterocycles. The van der Waals surface area contributed by atoms with E-state index in [4.69, 9.17) is 0 Å². The third kappa shape index (κ3) is 3.09. The molecule has 0 aliphatic rings. The average Bonchev–Trinajstić information content (AvgIpc) is 2.79. The van der Waals surface area contributed by atoms with E-state index in [-0.39, 0.29) is 5.56 Å². The first-order valence-electron chi connectivity index (χ1n) is 7.38. The normalized spacial score (nSPS) is 10.2. The Bertz CT molecular complexity index is 984. The van der Waals surface area contributed by atoms with Crippen molar-refractivity contribution in [3.05, 3.63) is 81.3 Å². The van der Waals surface area contributed by atoms with Gasteiger partial charge in [-0.15, -0.1) is 0 Å². The lowest BCUT2D eigenvalue weighted by Gasteiger charge is -2.06. The van der Waals surface area contributed by atoms with Crippen molar-refractivity contribution in [1.29, 1.82) is 0 Å². The molecule has 0 spiro atoms. The fraction of sp³-hybridized carbons (Fsp3) is 0.158. The molecular weight excluding hydrogens is 286 g/mol. The van der Waals surface area contributed by atoms with E-state index in [9.17, 15) is 4.79 Å². The molecule has 2 heterocycles. The van der Waals surface area contributed by atoms with E-state index in [1.165, 1.54) is 5.56 Å². The number of nitrogens with one attached hydrogen (secondary N) is 1. The molecule has 114 valence electrons. The molecule has 0 saturated carbocycles. The van der Waals surface area contributed by atoms with Crippen molar-refractivity contribution < 1.29 is 0 Å². The van der Waals surface area contributed by atoms with Crippen molar-refractivity contribution in [2.75, 3.05) is 0 Å². The second-order valence-electron chi connectivity index (χ2n) is 5.46. The predicted octanol–water partition coefficient (Wildman–Crippen LogP) is 2.89. The molecule has 4 heteroatoms. The summed E-state index contributed by atoms with van der Waals surface area (Å²) in [5, 5.41) is 0. The molecule has 3 rings (SSSR count). The number of hydrogen-bond donors (Lipinski definition) is 1. The molecule has 0 unspecified atom stereocenters. The minimum absolute atomic E-state index is 0.137. The number of aryl methyl sites for hydroxylation is 2. The van der Waals surface area contributed by atoms with Gasteiger partial charge in [-0.1, -0.05) is 18.1 Å². The molecule has 0 bridgehead atoms. The molecular formula is C19H17N3O. The first-order chi connectivity index (χ1) is 11.0. The van der Waals surface area contributed by atoms with Gasteiger partial charge in [0.1, 0.15) is 11.5 Å². The van der Waals surface area contributed by atoms with E-state index in [1.807, 2.05) is 55.7 Å². The summed E-state index contributed by atoms with van der Waals surface area (Å²) in [4.78, 5) is 18.7. The SMILES string of the molecule is Cc1cccc(C#Cc2nc(C)n(-c3cc[nH]c(=O)c3)c2C)c1. The molecule has 0 amide bonds.